The molecular formula is C8H11BrN2OS. The van der Waals surface area contributed by atoms with Gasteiger partial charge in [0.05, 0.1) is 3.79 Å². The van der Waals surface area contributed by atoms with Gasteiger partial charge in [-0.2, -0.15) is 0 Å². The molecule has 0 saturated carbocycles. The molecule has 0 aliphatic rings. The van der Waals surface area contributed by atoms with Crippen LogP contribution in [0.1, 0.15) is 12.0 Å². The normalized spacial score (nSPS) is 10.2. The third-order valence-corrected chi connectivity index (χ3v) is 3.05. The zero-order chi connectivity index (χ0) is 9.68. The highest BCUT2D eigenvalue weighted by molar-refractivity contribution is 9.11. The van der Waals surface area contributed by atoms with Crippen LogP contribution in [0.2, 0.25) is 0 Å². The fraction of sp³-hybridized carbons (Fsp3) is 0.375. The lowest BCUT2D eigenvalue weighted by Crippen LogP contribution is -2.21. The van der Waals surface area contributed by atoms with E-state index in [4.69, 9.17) is 5.73 Å². The van der Waals surface area contributed by atoms with E-state index in [9.17, 15) is 4.79 Å². The number of hydrogen-bond donors (Lipinski definition) is 2. The quantitative estimate of drug-likeness (QED) is 0.790. The summed E-state index contributed by atoms with van der Waals surface area (Å²) < 4.78 is 1.12. The third-order valence-electron chi connectivity index (χ3n) is 1.50. The lowest BCUT2D eigenvalue weighted by Gasteiger charge is -1.99. The van der Waals surface area contributed by atoms with Crippen molar-refractivity contribution in [3.05, 3.63) is 20.8 Å². The number of thiophene rings is 1. The minimum Gasteiger partial charge on any atom is -0.370 e. The molecule has 13 heavy (non-hydrogen) atoms. The number of amides is 1. The average molecular weight is 263 g/mol. The van der Waals surface area contributed by atoms with E-state index in [-0.39, 0.29) is 5.91 Å². The minimum absolute atomic E-state index is 0.265. The van der Waals surface area contributed by atoms with Gasteiger partial charge in [0.1, 0.15) is 0 Å². The van der Waals surface area contributed by atoms with Crippen molar-refractivity contribution in [2.75, 3.05) is 6.54 Å². The van der Waals surface area contributed by atoms with Crippen LogP contribution in [0, 0.1) is 0 Å². The monoisotopic (exact) mass is 262 g/mol. The molecule has 0 saturated heterocycles. The van der Waals surface area contributed by atoms with Gasteiger partial charge in [-0.3, -0.25) is 4.79 Å². The molecule has 0 fully saturated rings. The number of halogens is 1. The van der Waals surface area contributed by atoms with Gasteiger partial charge in [0.15, 0.2) is 0 Å². The van der Waals surface area contributed by atoms with Crippen molar-refractivity contribution >= 4 is 33.2 Å². The van der Waals surface area contributed by atoms with E-state index >= 15 is 0 Å². The van der Waals surface area contributed by atoms with E-state index in [0.29, 0.717) is 13.0 Å². The molecule has 3 nitrogen and oxygen atoms in total. The molecule has 0 aliphatic heterocycles. The predicted molar refractivity (Wildman–Crippen MR) is 57.5 cm³/mol. The third kappa shape index (κ3) is 4.40. The first-order chi connectivity index (χ1) is 6.18. The molecule has 1 aromatic heterocycles. The van der Waals surface area contributed by atoms with E-state index in [2.05, 4.69) is 32.7 Å². The molecule has 1 heterocycles. The number of rotatable bonds is 5. The summed E-state index contributed by atoms with van der Waals surface area (Å²) in [4.78, 5) is 10.4. The van der Waals surface area contributed by atoms with Gasteiger partial charge in [0.25, 0.3) is 0 Å². The first-order valence-electron chi connectivity index (χ1n) is 3.90. The van der Waals surface area contributed by atoms with Crippen LogP contribution >= 0.6 is 27.3 Å². The number of nitrogens with two attached hydrogens (primary N) is 1. The van der Waals surface area contributed by atoms with Gasteiger partial charge < -0.3 is 11.1 Å². The highest BCUT2D eigenvalue weighted by Gasteiger charge is 1.97. The van der Waals surface area contributed by atoms with E-state index in [0.717, 1.165) is 10.3 Å². The van der Waals surface area contributed by atoms with Gasteiger partial charge in [0, 0.05) is 19.5 Å². The molecule has 72 valence electrons. The standard InChI is InChI=1S/C8H11BrN2OS/c9-7-3-6(5-13-7)4-11-2-1-8(10)12/h3,5,11H,1-2,4H2,(H2,10,12). The maximum absolute atomic E-state index is 10.4. The van der Waals surface area contributed by atoms with Gasteiger partial charge in [-0.15, -0.1) is 11.3 Å². The Morgan fingerprint density at radius 1 is 1.69 bits per heavy atom. The van der Waals surface area contributed by atoms with Gasteiger partial charge >= 0.3 is 0 Å². The molecular weight excluding hydrogens is 252 g/mol. The maximum Gasteiger partial charge on any atom is 0.218 e. The predicted octanol–water partition coefficient (Wildman–Crippen LogP) is 1.48. The number of primary amides is 1. The maximum atomic E-state index is 10.4. The van der Waals surface area contributed by atoms with Crippen molar-refractivity contribution in [3.8, 4) is 0 Å². The zero-order valence-corrected chi connectivity index (χ0v) is 9.45. The van der Waals surface area contributed by atoms with Crippen molar-refractivity contribution in [1.82, 2.24) is 5.32 Å². The van der Waals surface area contributed by atoms with Crippen LogP contribution in [0.15, 0.2) is 15.2 Å². The lowest BCUT2D eigenvalue weighted by molar-refractivity contribution is -0.117. The van der Waals surface area contributed by atoms with Crippen molar-refractivity contribution in [2.24, 2.45) is 5.73 Å². The molecule has 3 N–H and O–H groups in total. The smallest absolute Gasteiger partial charge is 0.218 e. The van der Waals surface area contributed by atoms with Crippen molar-refractivity contribution in [2.45, 2.75) is 13.0 Å². The molecule has 0 atom stereocenters. The van der Waals surface area contributed by atoms with Gasteiger partial charge in [0.2, 0.25) is 5.91 Å². The Bertz CT molecular complexity index is 287. The van der Waals surface area contributed by atoms with Crippen LogP contribution in [0.25, 0.3) is 0 Å². The number of nitrogens with one attached hydrogen (secondary N) is 1. The van der Waals surface area contributed by atoms with Gasteiger partial charge in [-0.25, -0.2) is 0 Å². The summed E-state index contributed by atoms with van der Waals surface area (Å²) in [6.45, 7) is 1.43. The number of carbonyl (C=O) groups excluding carboxylic acids is 1. The average Bonchev–Trinajstić information content (AvgIpc) is 2.45. The SMILES string of the molecule is NC(=O)CCNCc1csc(Br)c1. The van der Waals surface area contributed by atoms with Crippen LogP contribution in [0.5, 0.6) is 0 Å². The van der Waals surface area contributed by atoms with Crippen molar-refractivity contribution in [1.29, 1.82) is 0 Å². The molecule has 0 spiro atoms. The molecule has 1 amide bonds. The topological polar surface area (TPSA) is 55.1 Å². The van der Waals surface area contributed by atoms with E-state index in [1.165, 1.54) is 5.56 Å². The second kappa shape index (κ2) is 5.36. The summed E-state index contributed by atoms with van der Waals surface area (Å²) in [5.41, 5.74) is 6.22. The van der Waals surface area contributed by atoms with Crippen LogP contribution in [0.3, 0.4) is 0 Å². The summed E-state index contributed by atoms with van der Waals surface area (Å²) in [5, 5.41) is 5.20. The van der Waals surface area contributed by atoms with E-state index in [1.807, 2.05) is 0 Å². The molecule has 1 aromatic rings. The summed E-state index contributed by atoms with van der Waals surface area (Å²) in [6.07, 6.45) is 0.394. The van der Waals surface area contributed by atoms with Crippen LogP contribution in [-0.2, 0) is 11.3 Å². The summed E-state index contributed by atoms with van der Waals surface area (Å²) in [7, 11) is 0. The zero-order valence-electron chi connectivity index (χ0n) is 7.05. The highest BCUT2D eigenvalue weighted by Crippen LogP contribution is 2.20. The Morgan fingerprint density at radius 3 is 3.00 bits per heavy atom. The molecule has 0 aliphatic carbocycles. The first kappa shape index (κ1) is 10.7. The fourth-order valence-corrected chi connectivity index (χ4v) is 2.09. The van der Waals surface area contributed by atoms with Crippen LogP contribution in [-0.4, -0.2) is 12.5 Å². The Balaban J connectivity index is 2.16. The van der Waals surface area contributed by atoms with E-state index in [1.54, 1.807) is 11.3 Å². The van der Waals surface area contributed by atoms with Crippen LogP contribution in [0.4, 0.5) is 0 Å². The number of carbonyl (C=O) groups is 1. The Labute approximate surface area is 89.5 Å². The Kier molecular flexibility index (Phi) is 4.41. The van der Waals surface area contributed by atoms with Crippen molar-refractivity contribution in [3.63, 3.8) is 0 Å². The summed E-state index contributed by atoms with van der Waals surface area (Å²) in [5.74, 6) is -0.265. The summed E-state index contributed by atoms with van der Waals surface area (Å²) >= 11 is 5.03. The number of hydrogen-bond acceptors (Lipinski definition) is 3. The Morgan fingerprint density at radius 2 is 2.46 bits per heavy atom. The first-order valence-corrected chi connectivity index (χ1v) is 5.57. The van der Waals surface area contributed by atoms with E-state index < -0.39 is 0 Å². The van der Waals surface area contributed by atoms with Gasteiger partial charge in [-0.1, -0.05) is 0 Å². The molecule has 0 aromatic carbocycles. The van der Waals surface area contributed by atoms with Crippen LogP contribution < -0.4 is 11.1 Å². The molecule has 0 unspecified atom stereocenters. The molecule has 0 radical (unpaired) electrons. The molecule has 0 bridgehead atoms. The molecule has 5 heteroatoms. The highest BCUT2D eigenvalue weighted by atomic mass is 79.9. The fourth-order valence-electron chi connectivity index (χ4n) is 0.883. The second-order valence-electron chi connectivity index (χ2n) is 2.65. The Hall–Kier alpha value is -0.390. The largest absolute Gasteiger partial charge is 0.370 e. The van der Waals surface area contributed by atoms with Crippen molar-refractivity contribution < 1.29 is 4.79 Å². The summed E-state index contributed by atoms with van der Waals surface area (Å²) in [6, 6.07) is 2.06. The molecule has 1 rings (SSSR count). The minimum atomic E-state index is -0.265. The second-order valence-corrected chi connectivity index (χ2v) is 4.94. The van der Waals surface area contributed by atoms with Gasteiger partial charge in [-0.05, 0) is 32.9 Å². The lowest BCUT2D eigenvalue weighted by atomic mass is 10.3.